The van der Waals surface area contributed by atoms with Gasteiger partial charge in [-0.2, -0.15) is 0 Å². The third-order valence-electron chi connectivity index (χ3n) is 3.72. The first-order valence-electron chi connectivity index (χ1n) is 8.50. The van der Waals surface area contributed by atoms with Crippen molar-refractivity contribution in [1.82, 2.24) is 0 Å². The number of esters is 1. The Balaban J connectivity index is 1.87. The van der Waals surface area contributed by atoms with E-state index in [0.29, 0.717) is 18.0 Å². The Morgan fingerprint density at radius 3 is 2.67 bits per heavy atom. The summed E-state index contributed by atoms with van der Waals surface area (Å²) in [4.78, 5) is 35.5. The molecule has 2 rings (SSSR count). The first-order valence-corrected chi connectivity index (χ1v) is 9.38. The largest absolute Gasteiger partial charge is 0.494 e. The molecule has 0 radical (unpaired) electrons. The normalized spacial score (nSPS) is 11.5. The number of thiophene rings is 1. The van der Waals surface area contributed by atoms with E-state index in [9.17, 15) is 14.4 Å². The van der Waals surface area contributed by atoms with Crippen LogP contribution in [0.2, 0.25) is 0 Å². The van der Waals surface area contributed by atoms with Gasteiger partial charge in [-0.15, -0.1) is 11.3 Å². The van der Waals surface area contributed by atoms with E-state index in [4.69, 9.17) is 15.2 Å². The molecule has 0 bridgehead atoms. The lowest BCUT2D eigenvalue weighted by molar-refractivity contribution is -0.153. The molecule has 2 aromatic rings. The maximum Gasteiger partial charge on any atom is 0.306 e. The van der Waals surface area contributed by atoms with Crippen molar-refractivity contribution >= 4 is 34.1 Å². The van der Waals surface area contributed by atoms with Gasteiger partial charge in [-0.3, -0.25) is 14.4 Å². The number of carbonyl (C=O) groups excluding carboxylic acids is 3. The van der Waals surface area contributed by atoms with Crippen molar-refractivity contribution in [1.29, 1.82) is 0 Å². The molecule has 0 saturated heterocycles. The molecule has 1 aromatic carbocycles. The van der Waals surface area contributed by atoms with E-state index in [1.165, 1.54) is 24.3 Å². The standard InChI is InChI=1S/C19H22N2O5S/c1-3-25-15-7-5-4-6-13(15)8-9-16(22)26-12(2)18(24)21-19-14(17(20)23)10-11-27-19/h4-7,10-12H,3,8-9H2,1-2H3,(H2,20,23)(H,21,24)/t12-/m1/s1. The summed E-state index contributed by atoms with van der Waals surface area (Å²) in [7, 11) is 0. The van der Waals surface area contributed by atoms with Crippen LogP contribution < -0.4 is 15.8 Å². The summed E-state index contributed by atoms with van der Waals surface area (Å²) in [5.41, 5.74) is 6.36. The van der Waals surface area contributed by atoms with Gasteiger partial charge in [-0.05, 0) is 43.3 Å². The molecule has 0 saturated carbocycles. The Morgan fingerprint density at radius 1 is 1.22 bits per heavy atom. The lowest BCUT2D eigenvalue weighted by atomic mass is 10.1. The molecule has 0 aliphatic rings. The number of amides is 2. The molecule has 0 aliphatic heterocycles. The van der Waals surface area contributed by atoms with Gasteiger partial charge < -0.3 is 20.5 Å². The van der Waals surface area contributed by atoms with E-state index in [1.54, 1.807) is 5.38 Å². The molecule has 144 valence electrons. The maximum atomic E-state index is 12.2. The molecule has 1 heterocycles. The van der Waals surface area contributed by atoms with Crippen molar-refractivity contribution in [2.45, 2.75) is 32.8 Å². The zero-order chi connectivity index (χ0) is 19.8. The lowest BCUT2D eigenvalue weighted by Gasteiger charge is -2.14. The van der Waals surface area contributed by atoms with Crippen LogP contribution in [0.5, 0.6) is 5.75 Å². The monoisotopic (exact) mass is 390 g/mol. The molecule has 0 fully saturated rings. The number of primary amides is 1. The Bertz CT molecular complexity index is 818. The van der Waals surface area contributed by atoms with Crippen molar-refractivity contribution < 1.29 is 23.9 Å². The van der Waals surface area contributed by atoms with Crippen LogP contribution in [0.3, 0.4) is 0 Å². The molecule has 0 unspecified atom stereocenters. The number of nitrogens with one attached hydrogen (secondary N) is 1. The molecule has 0 aliphatic carbocycles. The van der Waals surface area contributed by atoms with Gasteiger partial charge in [0.15, 0.2) is 6.10 Å². The van der Waals surface area contributed by atoms with Gasteiger partial charge in [0.25, 0.3) is 11.8 Å². The number of anilines is 1. The van der Waals surface area contributed by atoms with Gasteiger partial charge in [0.2, 0.25) is 0 Å². The highest BCUT2D eigenvalue weighted by atomic mass is 32.1. The summed E-state index contributed by atoms with van der Waals surface area (Å²) in [6.07, 6.45) is -0.435. The summed E-state index contributed by atoms with van der Waals surface area (Å²) >= 11 is 1.17. The van der Waals surface area contributed by atoms with E-state index in [0.717, 1.165) is 11.3 Å². The van der Waals surface area contributed by atoms with Crippen LogP contribution in [0.15, 0.2) is 35.7 Å². The predicted molar refractivity (Wildman–Crippen MR) is 103 cm³/mol. The number of hydrogen-bond donors (Lipinski definition) is 2. The van der Waals surface area contributed by atoms with Crippen molar-refractivity contribution in [2.24, 2.45) is 5.73 Å². The molecule has 1 atom stereocenters. The molecular formula is C19H22N2O5S. The van der Waals surface area contributed by atoms with E-state index in [1.807, 2.05) is 31.2 Å². The second-order valence-corrected chi connectivity index (χ2v) is 6.61. The fourth-order valence-electron chi connectivity index (χ4n) is 2.37. The van der Waals surface area contributed by atoms with Crippen molar-refractivity contribution in [3.05, 3.63) is 46.8 Å². The smallest absolute Gasteiger partial charge is 0.306 e. The quantitative estimate of drug-likeness (QED) is 0.640. The number of nitrogens with two attached hydrogens (primary N) is 1. The summed E-state index contributed by atoms with van der Waals surface area (Å²) in [5, 5.41) is 4.53. The number of ether oxygens (including phenoxy) is 2. The average Bonchev–Trinajstić information content (AvgIpc) is 3.09. The third kappa shape index (κ3) is 5.82. The summed E-state index contributed by atoms with van der Waals surface area (Å²) in [6.45, 7) is 3.90. The van der Waals surface area contributed by atoms with Gasteiger partial charge in [0, 0.05) is 6.42 Å². The van der Waals surface area contributed by atoms with Crippen molar-refractivity contribution in [3.8, 4) is 5.75 Å². The highest BCUT2D eigenvalue weighted by Gasteiger charge is 2.20. The van der Waals surface area contributed by atoms with Gasteiger partial charge in [0.1, 0.15) is 10.8 Å². The minimum Gasteiger partial charge on any atom is -0.494 e. The number of hydrogen-bond acceptors (Lipinski definition) is 6. The first-order chi connectivity index (χ1) is 12.9. The highest BCUT2D eigenvalue weighted by molar-refractivity contribution is 7.14. The maximum absolute atomic E-state index is 12.2. The fourth-order valence-corrected chi connectivity index (χ4v) is 3.16. The molecule has 2 amide bonds. The number of carbonyl (C=O) groups is 3. The van der Waals surface area contributed by atoms with Gasteiger partial charge >= 0.3 is 5.97 Å². The van der Waals surface area contributed by atoms with Crippen LogP contribution in [0, 0.1) is 0 Å². The van der Waals surface area contributed by atoms with E-state index in [-0.39, 0.29) is 12.0 Å². The van der Waals surface area contributed by atoms with Gasteiger partial charge in [-0.25, -0.2) is 0 Å². The molecule has 0 spiro atoms. The Kier molecular flexibility index (Phi) is 7.36. The topological polar surface area (TPSA) is 108 Å². The fraction of sp³-hybridized carbons (Fsp3) is 0.316. The highest BCUT2D eigenvalue weighted by Crippen LogP contribution is 2.23. The van der Waals surface area contributed by atoms with Gasteiger partial charge in [-0.1, -0.05) is 18.2 Å². The Hall–Kier alpha value is -2.87. The summed E-state index contributed by atoms with van der Waals surface area (Å²) < 4.78 is 10.7. The van der Waals surface area contributed by atoms with Crippen LogP contribution in [0.4, 0.5) is 5.00 Å². The van der Waals surface area contributed by atoms with Crippen LogP contribution >= 0.6 is 11.3 Å². The second kappa shape index (κ2) is 9.72. The number of benzene rings is 1. The number of para-hydroxylation sites is 1. The van der Waals surface area contributed by atoms with E-state index >= 15 is 0 Å². The number of rotatable bonds is 9. The molecule has 8 heteroatoms. The van der Waals surface area contributed by atoms with Crippen LogP contribution in [0.1, 0.15) is 36.2 Å². The van der Waals surface area contributed by atoms with Gasteiger partial charge in [0.05, 0.1) is 12.2 Å². The van der Waals surface area contributed by atoms with Crippen LogP contribution in [-0.4, -0.2) is 30.5 Å². The second-order valence-electron chi connectivity index (χ2n) is 5.69. The molecule has 3 N–H and O–H groups in total. The Labute approximate surface area is 161 Å². The minimum absolute atomic E-state index is 0.118. The van der Waals surface area contributed by atoms with Crippen molar-refractivity contribution in [3.63, 3.8) is 0 Å². The average molecular weight is 390 g/mol. The molecule has 7 nitrogen and oxygen atoms in total. The zero-order valence-electron chi connectivity index (χ0n) is 15.2. The zero-order valence-corrected chi connectivity index (χ0v) is 16.0. The van der Waals surface area contributed by atoms with Crippen molar-refractivity contribution in [2.75, 3.05) is 11.9 Å². The number of aryl methyl sites for hydroxylation is 1. The molecular weight excluding hydrogens is 368 g/mol. The predicted octanol–water partition coefficient (Wildman–Crippen LogP) is 2.75. The minimum atomic E-state index is -0.998. The Morgan fingerprint density at radius 2 is 1.96 bits per heavy atom. The first kappa shape index (κ1) is 20.4. The third-order valence-corrected chi connectivity index (χ3v) is 4.55. The lowest BCUT2D eigenvalue weighted by Crippen LogP contribution is -2.30. The SMILES string of the molecule is CCOc1ccccc1CCC(=O)O[C@H](C)C(=O)Nc1sccc1C(N)=O. The van der Waals surface area contributed by atoms with E-state index < -0.39 is 23.9 Å². The summed E-state index contributed by atoms with van der Waals surface area (Å²) in [5.74, 6) is -0.923. The van der Waals surface area contributed by atoms with E-state index in [2.05, 4.69) is 5.32 Å². The van der Waals surface area contributed by atoms with Crippen LogP contribution in [-0.2, 0) is 20.7 Å². The summed E-state index contributed by atoms with van der Waals surface area (Å²) in [6, 6.07) is 8.99. The molecule has 27 heavy (non-hydrogen) atoms. The van der Waals surface area contributed by atoms with Crippen LogP contribution in [0.25, 0.3) is 0 Å². The molecule has 1 aromatic heterocycles.